The van der Waals surface area contributed by atoms with Gasteiger partial charge in [0.15, 0.2) is 0 Å². The third-order valence-corrected chi connectivity index (χ3v) is 20.5. The van der Waals surface area contributed by atoms with Crippen LogP contribution in [0.3, 0.4) is 0 Å². The Balaban J connectivity index is 0.000000156. The summed E-state index contributed by atoms with van der Waals surface area (Å²) in [4.78, 5) is 20.3. The molecule has 14 heteroatoms. The number of benzene rings is 15. The Morgan fingerprint density at radius 3 is 1.29 bits per heavy atom. The number of aliphatic hydroxyl groups excluding tert-OH is 2. The van der Waals surface area contributed by atoms with E-state index in [0.29, 0.717) is 0 Å². The number of allylic oxidation sites excluding steroid dienone is 1. The summed E-state index contributed by atoms with van der Waals surface area (Å²) < 4.78 is 2.37. The summed E-state index contributed by atoms with van der Waals surface area (Å²) in [6, 6.07) is 136. The molecule has 116 heavy (non-hydrogen) atoms. The largest absolute Gasteiger partial charge is 0.513 e. The van der Waals surface area contributed by atoms with Crippen LogP contribution in [-0.2, 0) is 20.1 Å². The van der Waals surface area contributed by atoms with Gasteiger partial charge in [-0.15, -0.1) is 42.7 Å². The van der Waals surface area contributed by atoms with Gasteiger partial charge in [-0.3, -0.25) is 15.0 Å². The molecule has 0 fully saturated rings. The Kier molecular flexibility index (Phi) is 25.5. The fraction of sp³-hybridized carbons (Fsp3) is 0.0392. The number of nitrogens with zero attached hydrogens (tertiary/aromatic N) is 6. The molecule has 0 bridgehead atoms. The summed E-state index contributed by atoms with van der Waals surface area (Å²) in [5, 5.41) is 33.4. The predicted octanol–water partition coefficient (Wildman–Crippen LogP) is 26.2. The van der Waals surface area contributed by atoms with E-state index >= 15 is 0 Å². The average molecular weight is 1690 g/mol. The number of aromatic nitrogens is 5. The van der Waals surface area contributed by atoms with E-state index in [4.69, 9.17) is 38.4 Å². The summed E-state index contributed by atoms with van der Waals surface area (Å²) in [6.07, 6.45) is 6.17. The first-order valence-electron chi connectivity index (χ1n) is 38.0. The monoisotopic (exact) mass is 1690 g/mol. The molecule has 4 heterocycles. The first kappa shape index (κ1) is 79.5. The molecule has 3 N–H and O–H groups in total. The van der Waals surface area contributed by atoms with Crippen molar-refractivity contribution in [1.82, 2.24) is 24.5 Å². The van der Waals surface area contributed by atoms with E-state index in [1.54, 1.807) is 13.3 Å². The van der Waals surface area contributed by atoms with Gasteiger partial charge in [0.2, 0.25) is 0 Å². The molecule has 0 amide bonds. The second-order valence-electron chi connectivity index (χ2n) is 27.8. The van der Waals surface area contributed by atoms with Crippen LogP contribution in [0.1, 0.15) is 13.8 Å². The van der Waals surface area contributed by atoms with Gasteiger partial charge < -0.3 is 24.8 Å². The molecule has 9 nitrogen and oxygen atoms in total. The maximum Gasteiger partial charge on any atom is 0.119 e. The van der Waals surface area contributed by atoms with E-state index in [-0.39, 0.29) is 31.9 Å². The van der Waals surface area contributed by atoms with Crippen molar-refractivity contribution in [3.8, 4) is 83.8 Å². The topological polar surface area (TPSA) is 124 Å². The smallest absolute Gasteiger partial charge is 0.119 e. The minimum atomic E-state index is -2.37. The van der Waals surface area contributed by atoms with Crippen LogP contribution in [0.4, 0.5) is 17.1 Å². The van der Waals surface area contributed by atoms with Crippen LogP contribution in [0.5, 0.6) is 0 Å². The van der Waals surface area contributed by atoms with Crippen LogP contribution in [0.2, 0.25) is 0 Å². The molecular weight excluding hydrogens is 1610 g/mol. The average Bonchev–Trinajstić information content (AvgIpc) is 1.46. The Morgan fingerprint density at radius 2 is 0.819 bits per heavy atom. The summed E-state index contributed by atoms with van der Waals surface area (Å²) in [5.74, 6) is 0.162. The molecule has 19 aromatic rings. The third-order valence-electron chi connectivity index (χ3n) is 19.9. The summed E-state index contributed by atoms with van der Waals surface area (Å²) in [7, 11) is 14.8. The molecule has 0 aliphatic rings. The van der Waals surface area contributed by atoms with E-state index in [9.17, 15) is 0 Å². The summed E-state index contributed by atoms with van der Waals surface area (Å²) in [6.45, 7) is 0.735. The van der Waals surface area contributed by atoms with Crippen LogP contribution in [0, 0.1) is 11.2 Å². The van der Waals surface area contributed by atoms with Gasteiger partial charge in [0.25, 0.3) is 0 Å². The zero-order chi connectivity index (χ0) is 79.0. The maximum atomic E-state index is 8.49. The van der Waals surface area contributed by atoms with Crippen LogP contribution in [0.15, 0.2) is 407 Å². The van der Waals surface area contributed by atoms with E-state index in [0.717, 1.165) is 61.4 Å². The second kappa shape index (κ2) is 37.2. The van der Waals surface area contributed by atoms with Crippen molar-refractivity contribution in [1.29, 1.82) is 5.16 Å². The molecule has 1 atom stereocenters. The Morgan fingerprint density at radius 1 is 0.414 bits per heavy atom. The molecule has 0 aliphatic heterocycles. The van der Waals surface area contributed by atoms with Crippen molar-refractivity contribution in [2.45, 2.75) is 20.0 Å². The molecule has 1 unspecified atom stereocenters. The number of aliphatic hydroxyl groups is 2. The number of pyridine rings is 2. The molecule has 19 rings (SSSR count). The molecule has 7 radical (unpaired) electrons. The third kappa shape index (κ3) is 18.6. The fourth-order valence-corrected chi connectivity index (χ4v) is 14.5. The number of rotatable bonds is 13. The minimum Gasteiger partial charge on any atom is -0.513 e. The summed E-state index contributed by atoms with van der Waals surface area (Å²) >= 11 is 0. The number of hydrogen-bond acceptors (Lipinski definition) is 8. The molecule has 0 saturated carbocycles. The van der Waals surface area contributed by atoms with Crippen LogP contribution in [-0.4, -0.2) is 69.9 Å². The van der Waals surface area contributed by atoms with Gasteiger partial charge in [0.1, 0.15) is 21.5 Å². The van der Waals surface area contributed by atoms with E-state index < -0.39 is 12.9 Å². The Hall–Kier alpha value is -13.1. The molecule has 4 aromatic heterocycles. The number of anilines is 3. The molecule has 0 saturated heterocycles. The molecule has 557 valence electrons. The van der Waals surface area contributed by atoms with Crippen molar-refractivity contribution in [3.05, 3.63) is 413 Å². The SMILES string of the molecule is CC(O)=CC(C)O.[B]CP([B])([B])=N.[Ir].[c-]1ccccc1-c1cc(-c2ccccc2)ncn1.c1ccc(-c2ccnc3c2ccc2c(-c4ccccc4)ccnc23)cc1.c1ccc(-n2c3ccccc3c3cc(-c4ccc(N(c5ccc(-c6cccc7ccccc67)cc5)c5ccc(-c6cccc7ccccc67)cc5)cc4)ccc32)cc1. The molecule has 15 aromatic carbocycles. The number of nitrogens with one attached hydrogen (secondary N) is 1. The van der Waals surface area contributed by atoms with Gasteiger partial charge in [-0.2, -0.15) is 0 Å². The Labute approximate surface area is 694 Å². The first-order valence-corrected chi connectivity index (χ1v) is 40.2. The van der Waals surface area contributed by atoms with Crippen molar-refractivity contribution in [3.63, 3.8) is 0 Å². The number of fused-ring (bicyclic) bond motifs is 8. The van der Waals surface area contributed by atoms with Crippen molar-refractivity contribution < 1.29 is 30.3 Å². The van der Waals surface area contributed by atoms with E-state index in [1.807, 2.05) is 85.2 Å². The van der Waals surface area contributed by atoms with Gasteiger partial charge in [-0.25, -0.2) is 4.98 Å². The maximum absolute atomic E-state index is 8.49. The fourth-order valence-electron chi connectivity index (χ4n) is 14.5. The van der Waals surface area contributed by atoms with Gasteiger partial charge in [0.05, 0.1) is 47.5 Å². The van der Waals surface area contributed by atoms with Crippen molar-refractivity contribution in [2.75, 3.05) is 11.0 Å². The second-order valence-corrected chi connectivity index (χ2v) is 30.1. The van der Waals surface area contributed by atoms with Gasteiger partial charge in [-0.05, 0) is 187 Å². The Bertz CT molecular complexity index is 6330. The number of hydrogen-bond donors (Lipinski definition) is 3. The van der Waals surface area contributed by atoms with Crippen LogP contribution < -0.4 is 4.90 Å². The standard InChI is InChI=1S/C56H38N2.C24H16N2.C16H11N2.C5H10O2.CH3B3NP.Ir/c1-2-16-45(17-3-1)58-55-23-9-8-20-53(55)54-38-44(30-37-56(54)58)39-24-31-46(32-25-39)57(47-33-26-42(27-34-47)51-21-10-14-40-12-4-6-18-49(40)51)48-35-28-43(29-36-48)52-22-11-15-41-13-5-7-19-50(41)52;1-3-7-17(8-4-1)19-13-15-25-23-21(19)11-12-22-20(14-16-26-24(22)23)18-9-5-2-6-10-18;1-3-7-13(8-4-1)15-11-16(18-12-17-15)14-9-5-2-6-10-14;1-4(6)3-5(2)7;2-1-6(3,4)5;/h1-38H;1-16H;1-9,11-12H;3-4,6-7H,1-2H3;5H,1H2;/q;;-1;;;. The molecule has 0 spiro atoms. The predicted molar refractivity (Wildman–Crippen MR) is 486 cm³/mol. The quantitative estimate of drug-likeness (QED) is 0.0345. The normalized spacial score (nSPS) is 11.4. The first-order chi connectivity index (χ1) is 56.3. The zero-order valence-electron chi connectivity index (χ0n) is 64.0. The van der Waals surface area contributed by atoms with Crippen LogP contribution in [0.25, 0.3) is 149 Å². The van der Waals surface area contributed by atoms with Crippen molar-refractivity contribution in [2.24, 2.45) is 0 Å². The molecular formula is C102H78B3IrN7O2P-. The minimum absolute atomic E-state index is 0. The van der Waals surface area contributed by atoms with Crippen LogP contribution >= 0.6 is 6.81 Å². The number of para-hydroxylation sites is 2. The zero-order valence-corrected chi connectivity index (χ0v) is 67.3. The van der Waals surface area contributed by atoms with Gasteiger partial charge in [-0.1, -0.05) is 279 Å². The van der Waals surface area contributed by atoms with E-state index in [1.165, 1.54) is 118 Å². The van der Waals surface area contributed by atoms with Crippen molar-refractivity contribution >= 4 is 112 Å². The molecule has 0 aliphatic carbocycles. The van der Waals surface area contributed by atoms with Gasteiger partial charge in [0, 0.05) is 76.8 Å². The van der Waals surface area contributed by atoms with Gasteiger partial charge >= 0.3 is 0 Å². The van der Waals surface area contributed by atoms with E-state index in [2.05, 4.69) is 339 Å². The summed E-state index contributed by atoms with van der Waals surface area (Å²) in [5.41, 5.74) is 24.7.